The van der Waals surface area contributed by atoms with Gasteiger partial charge < -0.3 is 5.43 Å². The minimum atomic E-state index is -0.390. The Morgan fingerprint density at radius 1 is 1.31 bits per heavy atom. The van der Waals surface area contributed by atoms with E-state index in [0.29, 0.717) is 0 Å². The molecule has 1 atom stereocenters. The molecule has 1 N–H and O–H groups in total. The number of nitrogens with zero attached hydrogens (tertiary/aromatic N) is 1. The molecular formula is C12H12ClFN2. The van der Waals surface area contributed by atoms with Crippen molar-refractivity contribution in [2.45, 2.75) is 13.0 Å². The van der Waals surface area contributed by atoms with Crippen molar-refractivity contribution in [2.24, 2.45) is 0 Å². The van der Waals surface area contributed by atoms with E-state index < -0.39 is 5.82 Å². The molecule has 4 heteroatoms. The number of hydrogen-bond donors (Lipinski definition) is 1. The molecule has 2 nitrogen and oxygen atoms in total. The number of aromatic nitrogens is 1. The second-order valence-corrected chi connectivity index (χ2v) is 4.02. The first-order chi connectivity index (χ1) is 7.66. The van der Waals surface area contributed by atoms with E-state index >= 15 is 0 Å². The summed E-state index contributed by atoms with van der Waals surface area (Å²) in [6, 6.07) is 8.66. The molecule has 1 aromatic heterocycles. The van der Waals surface area contributed by atoms with Crippen molar-refractivity contribution in [3.8, 4) is 0 Å². The third-order valence-corrected chi connectivity index (χ3v) is 2.68. The molecule has 16 heavy (non-hydrogen) atoms. The van der Waals surface area contributed by atoms with Crippen LogP contribution in [-0.2, 0) is 0 Å². The fourth-order valence-corrected chi connectivity index (χ4v) is 1.69. The molecule has 0 aliphatic heterocycles. The van der Waals surface area contributed by atoms with Gasteiger partial charge in [-0.1, -0.05) is 17.7 Å². The predicted molar refractivity (Wildman–Crippen MR) is 63.6 cm³/mol. The fourth-order valence-electron chi connectivity index (χ4n) is 1.50. The molecule has 0 bridgehead atoms. The normalized spacial score (nSPS) is 12.4. The molecule has 1 heterocycles. The van der Waals surface area contributed by atoms with Crippen molar-refractivity contribution in [3.05, 3.63) is 59.1 Å². The average molecular weight is 239 g/mol. The van der Waals surface area contributed by atoms with Crippen molar-refractivity contribution in [1.29, 1.82) is 0 Å². The highest BCUT2D eigenvalue weighted by Gasteiger charge is 2.07. The van der Waals surface area contributed by atoms with E-state index in [1.165, 1.54) is 6.07 Å². The third kappa shape index (κ3) is 2.36. The minimum Gasteiger partial charge on any atom is -0.319 e. The maximum absolute atomic E-state index is 13.0. The van der Waals surface area contributed by atoms with Gasteiger partial charge in [0.25, 0.3) is 0 Å². The predicted octanol–water partition coefficient (Wildman–Crippen LogP) is 3.59. The van der Waals surface area contributed by atoms with E-state index in [9.17, 15) is 4.39 Å². The van der Waals surface area contributed by atoms with Gasteiger partial charge in [-0.3, -0.25) is 4.68 Å². The van der Waals surface area contributed by atoms with E-state index in [1.807, 2.05) is 36.1 Å². The van der Waals surface area contributed by atoms with Crippen molar-refractivity contribution >= 4 is 11.6 Å². The Morgan fingerprint density at radius 2 is 2.00 bits per heavy atom. The van der Waals surface area contributed by atoms with Crippen molar-refractivity contribution in [1.82, 2.24) is 4.68 Å². The van der Waals surface area contributed by atoms with Crippen LogP contribution in [0.3, 0.4) is 0 Å². The quantitative estimate of drug-likeness (QED) is 0.865. The van der Waals surface area contributed by atoms with Gasteiger partial charge >= 0.3 is 0 Å². The van der Waals surface area contributed by atoms with Crippen molar-refractivity contribution < 1.29 is 4.39 Å². The zero-order valence-corrected chi connectivity index (χ0v) is 9.58. The van der Waals surface area contributed by atoms with Crippen LogP contribution in [0.4, 0.5) is 4.39 Å². The molecule has 0 radical (unpaired) electrons. The topological polar surface area (TPSA) is 17.0 Å². The van der Waals surface area contributed by atoms with E-state index in [-0.39, 0.29) is 11.1 Å². The summed E-state index contributed by atoms with van der Waals surface area (Å²) in [5.74, 6) is -0.390. The molecule has 0 aliphatic carbocycles. The molecule has 0 amide bonds. The minimum absolute atomic E-state index is 0.0606. The SMILES string of the molecule is CC(Nn1cccc1)c1ccc(F)c(Cl)c1. The standard InChI is InChI=1S/C12H12ClFN2/c1-9(15-16-6-2-3-7-16)10-4-5-12(14)11(13)8-10/h2-9,15H,1H3. The van der Waals surface area contributed by atoms with E-state index in [2.05, 4.69) is 5.43 Å². The van der Waals surface area contributed by atoms with Gasteiger partial charge in [0, 0.05) is 12.4 Å². The Hall–Kier alpha value is -1.48. The summed E-state index contributed by atoms with van der Waals surface area (Å²) in [7, 11) is 0. The van der Waals surface area contributed by atoms with Gasteiger partial charge in [0.15, 0.2) is 0 Å². The summed E-state index contributed by atoms with van der Waals surface area (Å²) < 4.78 is 14.8. The van der Waals surface area contributed by atoms with Gasteiger partial charge in [-0.2, -0.15) is 0 Å². The van der Waals surface area contributed by atoms with Crippen LogP contribution in [0.5, 0.6) is 0 Å². The van der Waals surface area contributed by atoms with E-state index in [0.717, 1.165) is 5.56 Å². The molecule has 1 aromatic carbocycles. The van der Waals surface area contributed by atoms with Crippen LogP contribution in [0, 0.1) is 5.82 Å². The lowest BCUT2D eigenvalue weighted by Gasteiger charge is -2.16. The van der Waals surface area contributed by atoms with Gasteiger partial charge in [-0.05, 0) is 36.8 Å². The second kappa shape index (κ2) is 4.58. The Bertz CT molecular complexity index is 468. The fraction of sp³-hybridized carbons (Fsp3) is 0.167. The highest BCUT2D eigenvalue weighted by molar-refractivity contribution is 6.30. The smallest absolute Gasteiger partial charge is 0.141 e. The van der Waals surface area contributed by atoms with E-state index in [1.54, 1.807) is 12.1 Å². The molecule has 0 saturated carbocycles. The lowest BCUT2D eigenvalue weighted by Crippen LogP contribution is -2.16. The Kier molecular flexibility index (Phi) is 3.15. The molecule has 0 aliphatic rings. The first kappa shape index (κ1) is 11.0. The van der Waals surface area contributed by atoms with Crippen LogP contribution in [-0.4, -0.2) is 4.68 Å². The van der Waals surface area contributed by atoms with Gasteiger partial charge in [-0.25, -0.2) is 4.39 Å². The summed E-state index contributed by atoms with van der Waals surface area (Å²) in [5.41, 5.74) is 4.16. The van der Waals surface area contributed by atoms with Gasteiger partial charge in [0.05, 0.1) is 11.1 Å². The Balaban J connectivity index is 2.14. The molecular weight excluding hydrogens is 227 g/mol. The van der Waals surface area contributed by atoms with Gasteiger partial charge in [0.1, 0.15) is 5.82 Å². The summed E-state index contributed by atoms with van der Waals surface area (Å²) in [5, 5.41) is 0.152. The van der Waals surface area contributed by atoms with Crippen LogP contribution < -0.4 is 5.43 Å². The summed E-state index contributed by atoms with van der Waals surface area (Å²) in [6.45, 7) is 1.99. The van der Waals surface area contributed by atoms with Gasteiger partial charge in [-0.15, -0.1) is 0 Å². The van der Waals surface area contributed by atoms with E-state index in [4.69, 9.17) is 11.6 Å². The number of rotatable bonds is 3. The Morgan fingerprint density at radius 3 is 2.62 bits per heavy atom. The largest absolute Gasteiger partial charge is 0.319 e. The lowest BCUT2D eigenvalue weighted by molar-refractivity contribution is 0.625. The van der Waals surface area contributed by atoms with Crippen LogP contribution in [0.1, 0.15) is 18.5 Å². The van der Waals surface area contributed by atoms with Crippen molar-refractivity contribution in [2.75, 3.05) is 5.43 Å². The van der Waals surface area contributed by atoms with Crippen LogP contribution >= 0.6 is 11.6 Å². The highest BCUT2D eigenvalue weighted by atomic mass is 35.5. The average Bonchev–Trinajstić information content (AvgIpc) is 2.74. The monoisotopic (exact) mass is 238 g/mol. The Labute approximate surface area is 98.6 Å². The molecule has 0 spiro atoms. The number of hydrogen-bond acceptors (Lipinski definition) is 1. The first-order valence-corrected chi connectivity index (χ1v) is 5.39. The second-order valence-electron chi connectivity index (χ2n) is 3.61. The zero-order chi connectivity index (χ0) is 11.5. The summed E-state index contributed by atoms with van der Waals surface area (Å²) >= 11 is 5.73. The molecule has 0 saturated heterocycles. The first-order valence-electron chi connectivity index (χ1n) is 5.01. The lowest BCUT2D eigenvalue weighted by atomic mass is 10.1. The maximum Gasteiger partial charge on any atom is 0.141 e. The highest BCUT2D eigenvalue weighted by Crippen LogP contribution is 2.21. The molecule has 2 aromatic rings. The van der Waals surface area contributed by atoms with Crippen LogP contribution in [0.15, 0.2) is 42.7 Å². The van der Waals surface area contributed by atoms with Gasteiger partial charge in [0.2, 0.25) is 0 Å². The zero-order valence-electron chi connectivity index (χ0n) is 8.82. The number of benzene rings is 1. The summed E-state index contributed by atoms with van der Waals surface area (Å²) in [6.07, 6.45) is 3.81. The van der Waals surface area contributed by atoms with Crippen LogP contribution in [0.2, 0.25) is 5.02 Å². The van der Waals surface area contributed by atoms with Crippen LogP contribution in [0.25, 0.3) is 0 Å². The molecule has 2 rings (SSSR count). The molecule has 84 valence electrons. The van der Waals surface area contributed by atoms with Crippen molar-refractivity contribution in [3.63, 3.8) is 0 Å². The summed E-state index contributed by atoms with van der Waals surface area (Å²) in [4.78, 5) is 0. The molecule has 1 unspecified atom stereocenters. The number of nitrogens with one attached hydrogen (secondary N) is 1. The number of halogens is 2. The third-order valence-electron chi connectivity index (χ3n) is 2.39. The maximum atomic E-state index is 13.0. The molecule has 0 fully saturated rings.